The Morgan fingerprint density at radius 1 is 1.47 bits per heavy atom. The number of nitrogens with one attached hydrogen (secondary N) is 1. The van der Waals surface area contributed by atoms with E-state index in [1.54, 1.807) is 20.8 Å². The number of aromatic amines is 1. The number of carbonyl (C=O) groups is 2. The van der Waals surface area contributed by atoms with Crippen LogP contribution >= 0.6 is 11.6 Å². The number of aldehydes is 1. The first kappa shape index (κ1) is 13.5. The van der Waals surface area contributed by atoms with Gasteiger partial charge in [-0.1, -0.05) is 11.6 Å². The lowest BCUT2D eigenvalue weighted by Gasteiger charge is -2.01. The standard InChI is InChI=1S/C12H14ClNO3/c1-4-17-12(16)11-7(2)10(8(3)14-11)9(13)5-6-15/h5-6,14H,4H2,1-3H3/b9-5-. The molecular formula is C12H14ClNO3. The van der Waals surface area contributed by atoms with Crippen molar-refractivity contribution in [2.75, 3.05) is 6.61 Å². The van der Waals surface area contributed by atoms with Gasteiger partial charge in [0.05, 0.1) is 11.6 Å². The van der Waals surface area contributed by atoms with Crippen LogP contribution in [0.2, 0.25) is 0 Å². The molecule has 0 aliphatic heterocycles. The Balaban J connectivity index is 3.23. The van der Waals surface area contributed by atoms with Gasteiger partial charge in [-0.2, -0.15) is 0 Å². The topological polar surface area (TPSA) is 59.2 Å². The van der Waals surface area contributed by atoms with E-state index < -0.39 is 5.97 Å². The monoisotopic (exact) mass is 255 g/mol. The fraction of sp³-hybridized carbons (Fsp3) is 0.333. The van der Waals surface area contributed by atoms with Crippen molar-refractivity contribution in [1.29, 1.82) is 0 Å². The van der Waals surface area contributed by atoms with E-state index in [4.69, 9.17) is 16.3 Å². The first-order valence-corrected chi connectivity index (χ1v) is 5.58. The summed E-state index contributed by atoms with van der Waals surface area (Å²) in [4.78, 5) is 24.9. The van der Waals surface area contributed by atoms with Crippen LogP contribution in [0.1, 0.15) is 34.2 Å². The second-order valence-corrected chi connectivity index (χ2v) is 3.90. The molecule has 1 aromatic heterocycles. The summed E-state index contributed by atoms with van der Waals surface area (Å²) >= 11 is 5.97. The normalized spacial score (nSPS) is 11.4. The van der Waals surface area contributed by atoms with Crippen LogP contribution < -0.4 is 0 Å². The van der Waals surface area contributed by atoms with E-state index >= 15 is 0 Å². The number of aryl methyl sites for hydroxylation is 1. The van der Waals surface area contributed by atoms with Crippen LogP contribution in [0.4, 0.5) is 0 Å². The Labute approximate surface area is 105 Å². The molecule has 0 aromatic carbocycles. The third-order valence-corrected chi connectivity index (χ3v) is 2.69. The number of esters is 1. The maximum atomic E-state index is 11.6. The molecule has 1 N–H and O–H groups in total. The highest BCUT2D eigenvalue weighted by atomic mass is 35.5. The average molecular weight is 256 g/mol. The summed E-state index contributed by atoms with van der Waals surface area (Å²) in [6.07, 6.45) is 1.86. The first-order chi connectivity index (χ1) is 8.02. The van der Waals surface area contributed by atoms with Crippen LogP contribution in [0.3, 0.4) is 0 Å². The zero-order valence-electron chi connectivity index (χ0n) is 9.96. The van der Waals surface area contributed by atoms with Crippen LogP contribution in [0.5, 0.6) is 0 Å². The summed E-state index contributed by atoms with van der Waals surface area (Å²) in [5, 5.41) is 0.307. The van der Waals surface area contributed by atoms with Crippen LogP contribution in [-0.2, 0) is 9.53 Å². The number of halogens is 1. The lowest BCUT2D eigenvalue weighted by atomic mass is 10.1. The van der Waals surface area contributed by atoms with Crippen molar-refractivity contribution in [3.05, 3.63) is 28.6 Å². The molecule has 0 spiro atoms. The molecule has 0 amide bonds. The Hall–Kier alpha value is -1.55. The molecule has 92 valence electrons. The number of hydrogen-bond donors (Lipinski definition) is 1. The van der Waals surface area contributed by atoms with Crippen LogP contribution in [-0.4, -0.2) is 23.8 Å². The summed E-state index contributed by atoms with van der Waals surface area (Å²) in [6.45, 7) is 5.59. The molecule has 17 heavy (non-hydrogen) atoms. The molecule has 0 fully saturated rings. The molecule has 0 radical (unpaired) electrons. The minimum absolute atomic E-state index is 0.307. The maximum absolute atomic E-state index is 11.6. The molecule has 0 bridgehead atoms. The fourth-order valence-corrected chi connectivity index (χ4v) is 1.99. The maximum Gasteiger partial charge on any atom is 0.355 e. The Morgan fingerprint density at radius 3 is 2.65 bits per heavy atom. The van der Waals surface area contributed by atoms with Gasteiger partial charge in [-0.25, -0.2) is 4.79 Å². The van der Waals surface area contributed by atoms with E-state index in [0.29, 0.717) is 34.7 Å². The van der Waals surface area contributed by atoms with Gasteiger partial charge in [-0.3, -0.25) is 4.79 Å². The SMILES string of the molecule is CCOC(=O)c1[nH]c(C)c(/C(Cl)=C/C=O)c1C. The molecule has 4 nitrogen and oxygen atoms in total. The zero-order chi connectivity index (χ0) is 13.0. The molecule has 1 aromatic rings. The van der Waals surface area contributed by atoms with E-state index in [9.17, 15) is 9.59 Å². The van der Waals surface area contributed by atoms with Crippen LogP contribution in [0.15, 0.2) is 6.08 Å². The van der Waals surface area contributed by atoms with Crippen molar-refractivity contribution in [3.8, 4) is 0 Å². The van der Waals surface area contributed by atoms with Gasteiger partial charge >= 0.3 is 5.97 Å². The van der Waals surface area contributed by atoms with Gasteiger partial charge in [0, 0.05) is 11.3 Å². The molecule has 5 heteroatoms. The van der Waals surface area contributed by atoms with E-state index in [1.165, 1.54) is 6.08 Å². The lowest BCUT2D eigenvalue weighted by molar-refractivity contribution is -0.104. The third kappa shape index (κ3) is 2.77. The predicted molar refractivity (Wildman–Crippen MR) is 66.1 cm³/mol. The highest BCUT2D eigenvalue weighted by Crippen LogP contribution is 2.28. The summed E-state index contributed by atoms with van der Waals surface area (Å²) in [6, 6.07) is 0. The highest BCUT2D eigenvalue weighted by molar-refractivity contribution is 6.50. The van der Waals surface area contributed by atoms with Gasteiger partial charge in [0.1, 0.15) is 12.0 Å². The predicted octanol–water partition coefficient (Wildman–Crippen LogP) is 2.59. The molecule has 1 heterocycles. The summed E-state index contributed by atoms with van der Waals surface area (Å²) in [5.74, 6) is -0.421. The Kier molecular flexibility index (Phi) is 4.52. The number of aromatic nitrogens is 1. The molecule has 0 aliphatic rings. The van der Waals surface area contributed by atoms with Crippen molar-refractivity contribution < 1.29 is 14.3 Å². The second kappa shape index (κ2) is 5.68. The van der Waals surface area contributed by atoms with Gasteiger partial charge < -0.3 is 9.72 Å². The third-order valence-electron chi connectivity index (χ3n) is 2.37. The Bertz CT molecular complexity index is 474. The van der Waals surface area contributed by atoms with Crippen molar-refractivity contribution in [1.82, 2.24) is 4.98 Å². The van der Waals surface area contributed by atoms with Gasteiger partial charge in [0.25, 0.3) is 0 Å². The van der Waals surface area contributed by atoms with E-state index in [2.05, 4.69) is 4.98 Å². The van der Waals surface area contributed by atoms with E-state index in [1.807, 2.05) is 0 Å². The molecule has 0 unspecified atom stereocenters. The van der Waals surface area contributed by atoms with Crippen molar-refractivity contribution in [3.63, 3.8) is 0 Å². The quantitative estimate of drug-likeness (QED) is 0.511. The van der Waals surface area contributed by atoms with E-state index in [0.717, 1.165) is 5.69 Å². The summed E-state index contributed by atoms with van der Waals surface area (Å²) < 4.78 is 4.91. The van der Waals surface area contributed by atoms with Gasteiger partial charge in [0.2, 0.25) is 0 Å². The largest absolute Gasteiger partial charge is 0.461 e. The molecule has 0 aliphatic carbocycles. The zero-order valence-corrected chi connectivity index (χ0v) is 10.7. The average Bonchev–Trinajstić information content (AvgIpc) is 2.55. The molecular weight excluding hydrogens is 242 g/mol. The first-order valence-electron chi connectivity index (χ1n) is 5.20. The fourth-order valence-electron chi connectivity index (χ4n) is 1.66. The lowest BCUT2D eigenvalue weighted by Crippen LogP contribution is -2.06. The second-order valence-electron chi connectivity index (χ2n) is 3.50. The van der Waals surface area contributed by atoms with Crippen molar-refractivity contribution in [2.45, 2.75) is 20.8 Å². The number of H-pyrrole nitrogens is 1. The molecule has 1 rings (SSSR count). The van der Waals surface area contributed by atoms with Crippen LogP contribution in [0, 0.1) is 13.8 Å². The molecule has 0 saturated heterocycles. The number of ether oxygens (including phenoxy) is 1. The minimum Gasteiger partial charge on any atom is -0.461 e. The summed E-state index contributed by atoms with van der Waals surface area (Å²) in [7, 11) is 0. The van der Waals surface area contributed by atoms with Crippen molar-refractivity contribution in [2.24, 2.45) is 0 Å². The smallest absolute Gasteiger partial charge is 0.355 e. The molecule has 0 atom stereocenters. The van der Waals surface area contributed by atoms with E-state index in [-0.39, 0.29) is 0 Å². The number of rotatable bonds is 4. The summed E-state index contributed by atoms with van der Waals surface area (Å²) in [5.41, 5.74) is 2.45. The molecule has 0 saturated carbocycles. The van der Waals surface area contributed by atoms with Gasteiger partial charge in [-0.05, 0) is 32.4 Å². The highest BCUT2D eigenvalue weighted by Gasteiger charge is 2.19. The minimum atomic E-state index is -0.421. The van der Waals surface area contributed by atoms with Gasteiger partial charge in [0.15, 0.2) is 0 Å². The number of hydrogen-bond acceptors (Lipinski definition) is 3. The van der Waals surface area contributed by atoms with Crippen LogP contribution in [0.25, 0.3) is 5.03 Å². The Morgan fingerprint density at radius 2 is 2.12 bits per heavy atom. The number of allylic oxidation sites excluding steroid dienone is 1. The number of carbonyl (C=O) groups excluding carboxylic acids is 2. The van der Waals surface area contributed by atoms with Gasteiger partial charge in [-0.15, -0.1) is 0 Å². The van der Waals surface area contributed by atoms with Crippen molar-refractivity contribution >= 4 is 28.9 Å².